The summed E-state index contributed by atoms with van der Waals surface area (Å²) in [5.41, 5.74) is -4.98. The minimum Gasteiger partial charge on any atom is -0.463 e. The Morgan fingerprint density at radius 1 is 1.00 bits per heavy atom. The van der Waals surface area contributed by atoms with Gasteiger partial charge < -0.3 is 13.9 Å². The van der Waals surface area contributed by atoms with Crippen molar-refractivity contribution in [1.82, 2.24) is 0 Å². The van der Waals surface area contributed by atoms with Crippen molar-refractivity contribution in [3.05, 3.63) is 0 Å². The van der Waals surface area contributed by atoms with E-state index in [0.29, 0.717) is 6.42 Å². The molecule has 23 heavy (non-hydrogen) atoms. The van der Waals surface area contributed by atoms with E-state index in [9.17, 15) is 22.8 Å². The van der Waals surface area contributed by atoms with Crippen LogP contribution >= 0.6 is 0 Å². The van der Waals surface area contributed by atoms with Crippen LogP contribution in [0.3, 0.4) is 0 Å². The Morgan fingerprint density at radius 3 is 1.78 bits per heavy atom. The van der Waals surface area contributed by atoms with E-state index in [0.717, 1.165) is 0 Å². The first-order valence-corrected chi connectivity index (χ1v) is 10.6. The Kier molecular flexibility index (Phi) is 6.86. The molecule has 0 aromatic rings. The van der Waals surface area contributed by atoms with Crippen molar-refractivity contribution in [1.29, 1.82) is 0 Å². The molecule has 0 rings (SSSR count). The second-order valence-electron chi connectivity index (χ2n) is 7.03. The highest BCUT2D eigenvalue weighted by atomic mass is 28.4. The predicted molar refractivity (Wildman–Crippen MR) is 80.3 cm³/mol. The second kappa shape index (κ2) is 7.21. The van der Waals surface area contributed by atoms with Crippen LogP contribution in [0.25, 0.3) is 0 Å². The number of carbonyl (C=O) groups excluding carboxylic acids is 2. The molecular weight excluding hydrogens is 333 g/mol. The lowest BCUT2D eigenvalue weighted by Gasteiger charge is -2.37. The summed E-state index contributed by atoms with van der Waals surface area (Å²) < 4.78 is 55.6. The summed E-state index contributed by atoms with van der Waals surface area (Å²) in [7, 11) is -2.96. The molecule has 136 valence electrons. The molecule has 0 aliphatic carbocycles. The van der Waals surface area contributed by atoms with Crippen LogP contribution < -0.4 is 0 Å². The Hall–Kier alpha value is -1.09. The standard InChI is InChI=1S/C14H25F3O5Si/c1-8-9-20-10(18)13(14(15,16)17,22-23(5,6)7)11(19)21-12(2,3)4/h8-9H2,1-7H3. The van der Waals surface area contributed by atoms with E-state index < -0.39 is 37.6 Å². The third-order valence-electron chi connectivity index (χ3n) is 2.27. The lowest BCUT2D eigenvalue weighted by molar-refractivity contribution is -0.262. The van der Waals surface area contributed by atoms with E-state index in [1.165, 1.54) is 40.4 Å². The molecule has 0 amide bonds. The zero-order valence-corrected chi connectivity index (χ0v) is 15.6. The predicted octanol–water partition coefficient (Wildman–Crippen LogP) is 3.43. The number of carbonyl (C=O) groups is 2. The van der Waals surface area contributed by atoms with E-state index >= 15 is 0 Å². The highest BCUT2D eigenvalue weighted by Gasteiger charge is 2.71. The van der Waals surface area contributed by atoms with E-state index in [1.54, 1.807) is 6.92 Å². The van der Waals surface area contributed by atoms with E-state index in [-0.39, 0.29) is 6.61 Å². The molecule has 0 heterocycles. The van der Waals surface area contributed by atoms with Crippen LogP contribution in [0.1, 0.15) is 34.1 Å². The first-order valence-electron chi connectivity index (χ1n) is 7.24. The fraction of sp³-hybridized carbons (Fsp3) is 0.857. The molecule has 9 heteroatoms. The molecule has 0 N–H and O–H groups in total. The summed E-state index contributed by atoms with van der Waals surface area (Å²) in [4.78, 5) is 24.4. The normalized spacial score (nSPS) is 15.7. The summed E-state index contributed by atoms with van der Waals surface area (Å²) in [6.45, 7) is 9.87. The van der Waals surface area contributed by atoms with Gasteiger partial charge >= 0.3 is 23.7 Å². The average molecular weight is 358 g/mol. The van der Waals surface area contributed by atoms with Crippen molar-refractivity contribution in [2.45, 2.75) is 71.1 Å². The Labute approximate surface area is 135 Å². The van der Waals surface area contributed by atoms with Crippen LogP contribution in [0.5, 0.6) is 0 Å². The summed E-state index contributed by atoms with van der Waals surface area (Å²) in [5.74, 6) is -3.59. The van der Waals surface area contributed by atoms with Crippen molar-refractivity contribution >= 4 is 20.3 Å². The van der Waals surface area contributed by atoms with Gasteiger partial charge in [0.15, 0.2) is 8.32 Å². The molecule has 5 nitrogen and oxygen atoms in total. The Balaban J connectivity index is 6.06. The number of alkyl halides is 3. The lowest BCUT2D eigenvalue weighted by atomic mass is 10.0. The topological polar surface area (TPSA) is 61.8 Å². The van der Waals surface area contributed by atoms with Crippen molar-refractivity contribution in [3.8, 4) is 0 Å². The number of esters is 2. The molecule has 1 atom stereocenters. The second-order valence-corrected chi connectivity index (χ2v) is 11.5. The van der Waals surface area contributed by atoms with Crippen LogP contribution in [-0.2, 0) is 23.5 Å². The smallest absolute Gasteiger partial charge is 0.438 e. The van der Waals surface area contributed by atoms with Gasteiger partial charge in [-0.1, -0.05) is 6.92 Å². The van der Waals surface area contributed by atoms with Gasteiger partial charge in [0.05, 0.1) is 6.61 Å². The summed E-state index contributed by atoms with van der Waals surface area (Å²) in [6.07, 6.45) is -5.00. The minimum absolute atomic E-state index is 0.255. The largest absolute Gasteiger partial charge is 0.463 e. The summed E-state index contributed by atoms with van der Waals surface area (Å²) in [5, 5.41) is 0. The molecular formula is C14H25F3O5Si. The molecule has 1 unspecified atom stereocenters. The van der Waals surface area contributed by atoms with Gasteiger partial charge in [0.2, 0.25) is 0 Å². The molecule has 0 aliphatic rings. The van der Waals surface area contributed by atoms with E-state index in [2.05, 4.69) is 4.74 Å². The lowest BCUT2D eigenvalue weighted by Crippen LogP contribution is -2.65. The van der Waals surface area contributed by atoms with E-state index in [4.69, 9.17) is 9.16 Å². The molecule has 0 fully saturated rings. The zero-order valence-electron chi connectivity index (χ0n) is 14.6. The minimum atomic E-state index is -5.31. The average Bonchev–Trinajstić information content (AvgIpc) is 2.27. The highest BCUT2D eigenvalue weighted by Crippen LogP contribution is 2.39. The van der Waals surface area contributed by atoms with Gasteiger partial charge in [-0.3, -0.25) is 0 Å². The maximum atomic E-state index is 13.7. The van der Waals surface area contributed by atoms with Crippen LogP contribution in [0.15, 0.2) is 0 Å². The molecule has 0 aromatic carbocycles. The quantitative estimate of drug-likeness (QED) is 0.413. The van der Waals surface area contributed by atoms with Gasteiger partial charge in [-0.2, -0.15) is 13.2 Å². The fourth-order valence-electron chi connectivity index (χ4n) is 1.56. The number of ether oxygens (including phenoxy) is 2. The number of halogens is 3. The molecule has 0 aromatic heterocycles. The summed E-state index contributed by atoms with van der Waals surface area (Å²) in [6, 6.07) is 0. The first kappa shape index (κ1) is 21.9. The van der Waals surface area contributed by atoms with Gasteiger partial charge in [0.1, 0.15) is 5.60 Å². The van der Waals surface area contributed by atoms with Crippen LogP contribution in [0.4, 0.5) is 13.2 Å². The maximum absolute atomic E-state index is 13.7. The maximum Gasteiger partial charge on any atom is 0.438 e. The monoisotopic (exact) mass is 358 g/mol. The van der Waals surface area contributed by atoms with Crippen molar-refractivity contribution < 1.29 is 36.7 Å². The molecule has 0 saturated heterocycles. The van der Waals surface area contributed by atoms with Crippen LogP contribution in [0.2, 0.25) is 19.6 Å². The molecule has 0 radical (unpaired) electrons. The third kappa shape index (κ3) is 6.13. The Morgan fingerprint density at radius 2 is 1.48 bits per heavy atom. The summed E-state index contributed by atoms with van der Waals surface area (Å²) >= 11 is 0. The van der Waals surface area contributed by atoms with Gasteiger partial charge in [0.25, 0.3) is 0 Å². The number of hydrogen-bond donors (Lipinski definition) is 0. The van der Waals surface area contributed by atoms with Gasteiger partial charge in [-0.25, -0.2) is 9.59 Å². The fourth-order valence-corrected chi connectivity index (χ4v) is 2.76. The van der Waals surface area contributed by atoms with Crippen molar-refractivity contribution in [3.63, 3.8) is 0 Å². The van der Waals surface area contributed by atoms with Crippen LogP contribution in [0, 0.1) is 0 Å². The molecule has 0 aliphatic heterocycles. The van der Waals surface area contributed by atoms with Gasteiger partial charge in [-0.15, -0.1) is 0 Å². The number of hydrogen-bond acceptors (Lipinski definition) is 5. The molecule has 0 saturated carbocycles. The SMILES string of the molecule is CCCOC(=O)C(O[Si](C)(C)C)(C(=O)OC(C)(C)C)C(F)(F)F. The zero-order chi connectivity index (χ0) is 18.7. The van der Waals surface area contributed by atoms with Gasteiger partial charge in [-0.05, 0) is 46.8 Å². The Bertz CT molecular complexity index is 437. The third-order valence-corrected chi connectivity index (χ3v) is 3.19. The van der Waals surface area contributed by atoms with Gasteiger partial charge in [0, 0.05) is 0 Å². The van der Waals surface area contributed by atoms with Crippen molar-refractivity contribution in [2.24, 2.45) is 0 Å². The molecule has 0 spiro atoms. The molecule has 0 bridgehead atoms. The highest BCUT2D eigenvalue weighted by molar-refractivity contribution is 6.70. The number of rotatable bonds is 6. The van der Waals surface area contributed by atoms with Crippen LogP contribution in [-0.4, -0.2) is 44.2 Å². The first-order chi connectivity index (χ1) is 10.1. The van der Waals surface area contributed by atoms with Crippen molar-refractivity contribution in [2.75, 3.05) is 6.61 Å². The van der Waals surface area contributed by atoms with E-state index in [1.807, 2.05) is 0 Å².